The fourth-order valence-electron chi connectivity index (χ4n) is 2.98. The van der Waals surface area contributed by atoms with Crippen LogP contribution in [0.5, 0.6) is 0 Å². The first-order valence-electron chi connectivity index (χ1n) is 8.28. The Morgan fingerprint density at radius 3 is 2.75 bits per heavy atom. The minimum absolute atomic E-state index is 0.0969. The number of thioether (sulfide) groups is 1. The summed E-state index contributed by atoms with van der Waals surface area (Å²) in [7, 11) is 1.75. The van der Waals surface area contributed by atoms with Gasteiger partial charge in [-0.15, -0.1) is 0 Å². The van der Waals surface area contributed by atoms with Gasteiger partial charge in [-0.25, -0.2) is 4.39 Å². The van der Waals surface area contributed by atoms with Gasteiger partial charge in [-0.05, 0) is 44.3 Å². The number of guanidine groups is 1. The van der Waals surface area contributed by atoms with E-state index in [0.717, 1.165) is 44.2 Å². The Kier molecular flexibility index (Phi) is 8.15. The summed E-state index contributed by atoms with van der Waals surface area (Å²) >= 11 is 8.09. The normalized spacial score (nSPS) is 17.1. The highest BCUT2D eigenvalue weighted by Crippen LogP contribution is 2.31. The maximum atomic E-state index is 14.4. The Balaban J connectivity index is 2.09. The molecule has 24 heavy (non-hydrogen) atoms. The molecule has 134 valence electrons. The van der Waals surface area contributed by atoms with Gasteiger partial charge in [0.15, 0.2) is 5.96 Å². The molecule has 0 aliphatic carbocycles. The van der Waals surface area contributed by atoms with Gasteiger partial charge >= 0.3 is 0 Å². The summed E-state index contributed by atoms with van der Waals surface area (Å²) in [4.78, 5) is 6.53. The van der Waals surface area contributed by atoms with E-state index in [1.807, 2.05) is 0 Å². The van der Waals surface area contributed by atoms with Crippen LogP contribution in [0, 0.1) is 5.82 Å². The third-order valence-corrected chi connectivity index (χ3v) is 5.14. The number of aliphatic imine (C=N–C) groups is 1. The monoisotopic (exact) mass is 372 g/mol. The lowest BCUT2D eigenvalue weighted by Crippen LogP contribution is -2.43. The van der Waals surface area contributed by atoms with Crippen LogP contribution in [0.15, 0.2) is 23.2 Å². The van der Waals surface area contributed by atoms with Gasteiger partial charge in [0.25, 0.3) is 0 Å². The quantitative estimate of drug-likeness (QED) is 0.438. The standard InChI is InChI=1S/C17H26ClFN4S/c1-20-17(21-8-11-24-2)22-12-15(23-9-3-4-10-23)16-13(18)6-5-7-14(16)19/h5-7,15H,3-4,8-12H2,1-2H3,(H2,20,21,22). The van der Waals surface area contributed by atoms with Gasteiger partial charge < -0.3 is 10.6 Å². The second-order valence-corrected chi connectivity index (χ2v) is 7.16. The van der Waals surface area contributed by atoms with E-state index in [9.17, 15) is 4.39 Å². The Morgan fingerprint density at radius 1 is 1.38 bits per heavy atom. The first-order chi connectivity index (χ1) is 11.7. The summed E-state index contributed by atoms with van der Waals surface area (Å²) in [5, 5.41) is 7.08. The second kappa shape index (κ2) is 10.1. The fraction of sp³-hybridized carbons (Fsp3) is 0.588. The zero-order chi connectivity index (χ0) is 17.4. The summed E-state index contributed by atoms with van der Waals surface area (Å²) in [6, 6.07) is 4.79. The largest absolute Gasteiger partial charge is 0.356 e. The first-order valence-corrected chi connectivity index (χ1v) is 10.1. The third-order valence-electron chi connectivity index (χ3n) is 4.20. The van der Waals surface area contributed by atoms with Crippen molar-refractivity contribution in [2.24, 2.45) is 4.99 Å². The molecule has 0 saturated carbocycles. The van der Waals surface area contributed by atoms with Crippen molar-refractivity contribution >= 4 is 29.3 Å². The van der Waals surface area contributed by atoms with Crippen molar-refractivity contribution in [1.82, 2.24) is 15.5 Å². The molecule has 0 radical (unpaired) electrons. The molecule has 0 spiro atoms. The van der Waals surface area contributed by atoms with Gasteiger partial charge in [0, 0.05) is 36.5 Å². The predicted octanol–water partition coefficient (Wildman–Crippen LogP) is 3.14. The molecular formula is C17H26ClFN4S. The van der Waals surface area contributed by atoms with Gasteiger partial charge in [-0.2, -0.15) is 11.8 Å². The molecule has 1 aliphatic heterocycles. The van der Waals surface area contributed by atoms with Crippen LogP contribution in [0.2, 0.25) is 5.02 Å². The average molecular weight is 373 g/mol. The van der Waals surface area contributed by atoms with E-state index in [1.54, 1.807) is 30.9 Å². The van der Waals surface area contributed by atoms with E-state index >= 15 is 0 Å². The number of hydrogen-bond acceptors (Lipinski definition) is 3. The molecule has 7 heteroatoms. The molecule has 1 aromatic rings. The van der Waals surface area contributed by atoms with E-state index in [-0.39, 0.29) is 11.9 Å². The van der Waals surface area contributed by atoms with E-state index < -0.39 is 0 Å². The minimum atomic E-state index is -0.244. The topological polar surface area (TPSA) is 39.7 Å². The molecule has 1 heterocycles. The summed E-state index contributed by atoms with van der Waals surface area (Å²) in [6.07, 6.45) is 4.36. The van der Waals surface area contributed by atoms with E-state index in [1.165, 1.54) is 6.07 Å². The van der Waals surface area contributed by atoms with E-state index in [4.69, 9.17) is 11.6 Å². The Labute approximate surface area is 153 Å². The number of nitrogens with zero attached hydrogens (tertiary/aromatic N) is 2. The number of likely N-dealkylation sites (tertiary alicyclic amines) is 1. The molecule has 1 unspecified atom stereocenters. The summed E-state index contributed by atoms with van der Waals surface area (Å²) in [5.41, 5.74) is 0.577. The van der Waals surface area contributed by atoms with Crippen molar-refractivity contribution in [3.63, 3.8) is 0 Å². The first kappa shape index (κ1) is 19.3. The zero-order valence-corrected chi connectivity index (χ0v) is 15.9. The summed E-state index contributed by atoms with van der Waals surface area (Å²) in [5.74, 6) is 1.50. The lowest BCUT2D eigenvalue weighted by atomic mass is 10.0. The highest BCUT2D eigenvalue weighted by atomic mass is 35.5. The number of halogens is 2. The van der Waals surface area contributed by atoms with E-state index in [0.29, 0.717) is 17.1 Å². The summed E-state index contributed by atoms with van der Waals surface area (Å²) < 4.78 is 14.4. The lowest BCUT2D eigenvalue weighted by molar-refractivity contribution is 0.240. The van der Waals surface area contributed by atoms with Crippen LogP contribution in [0.25, 0.3) is 0 Å². The number of rotatable bonds is 7. The second-order valence-electron chi connectivity index (χ2n) is 5.77. The number of benzene rings is 1. The number of nitrogens with one attached hydrogen (secondary N) is 2. The molecule has 1 saturated heterocycles. The molecule has 0 aromatic heterocycles. The maximum Gasteiger partial charge on any atom is 0.191 e. The van der Waals surface area contributed by atoms with Crippen LogP contribution in [0.4, 0.5) is 4.39 Å². The van der Waals surface area contributed by atoms with Crippen LogP contribution in [0.3, 0.4) is 0 Å². The third kappa shape index (κ3) is 5.26. The molecular weight excluding hydrogens is 347 g/mol. The van der Waals surface area contributed by atoms with Crippen LogP contribution in [-0.2, 0) is 0 Å². The minimum Gasteiger partial charge on any atom is -0.356 e. The SMILES string of the molecule is CN=C(NCCSC)NCC(c1c(F)cccc1Cl)N1CCCC1. The molecule has 2 rings (SSSR count). The molecule has 0 amide bonds. The fourth-order valence-corrected chi connectivity index (χ4v) is 3.58. The van der Waals surface area contributed by atoms with Crippen LogP contribution in [-0.4, -0.2) is 56.1 Å². The molecule has 1 atom stereocenters. The number of hydrogen-bond donors (Lipinski definition) is 2. The lowest BCUT2D eigenvalue weighted by Gasteiger charge is -2.29. The Morgan fingerprint density at radius 2 is 2.12 bits per heavy atom. The Bertz CT molecular complexity index is 529. The van der Waals surface area contributed by atoms with Crippen molar-refractivity contribution in [2.45, 2.75) is 18.9 Å². The van der Waals surface area contributed by atoms with Crippen LogP contribution in [0.1, 0.15) is 24.4 Å². The van der Waals surface area contributed by atoms with Gasteiger partial charge in [0.2, 0.25) is 0 Å². The predicted molar refractivity (Wildman–Crippen MR) is 103 cm³/mol. The smallest absolute Gasteiger partial charge is 0.191 e. The van der Waals surface area contributed by atoms with Crippen molar-refractivity contribution in [3.05, 3.63) is 34.6 Å². The molecule has 1 aliphatic rings. The van der Waals surface area contributed by atoms with E-state index in [2.05, 4.69) is 26.8 Å². The molecule has 2 N–H and O–H groups in total. The molecule has 4 nitrogen and oxygen atoms in total. The average Bonchev–Trinajstić information content (AvgIpc) is 3.10. The molecule has 1 aromatic carbocycles. The molecule has 1 fully saturated rings. The van der Waals surface area contributed by atoms with Gasteiger partial charge in [-0.1, -0.05) is 17.7 Å². The molecule has 0 bridgehead atoms. The maximum absolute atomic E-state index is 14.4. The van der Waals surface area contributed by atoms with Gasteiger partial charge in [-0.3, -0.25) is 9.89 Å². The van der Waals surface area contributed by atoms with Crippen molar-refractivity contribution in [3.8, 4) is 0 Å². The highest BCUT2D eigenvalue weighted by Gasteiger charge is 2.27. The van der Waals surface area contributed by atoms with Crippen molar-refractivity contribution < 1.29 is 4.39 Å². The zero-order valence-electron chi connectivity index (χ0n) is 14.3. The van der Waals surface area contributed by atoms with Crippen molar-refractivity contribution in [2.75, 3.05) is 45.2 Å². The van der Waals surface area contributed by atoms with Gasteiger partial charge in [0.05, 0.1) is 6.04 Å². The van der Waals surface area contributed by atoms with Crippen LogP contribution < -0.4 is 10.6 Å². The summed E-state index contributed by atoms with van der Waals surface area (Å²) in [6.45, 7) is 3.35. The Hall–Kier alpha value is -0.980. The highest BCUT2D eigenvalue weighted by molar-refractivity contribution is 7.98. The van der Waals surface area contributed by atoms with Crippen molar-refractivity contribution in [1.29, 1.82) is 0 Å². The van der Waals surface area contributed by atoms with Crippen LogP contribution >= 0.6 is 23.4 Å². The van der Waals surface area contributed by atoms with Gasteiger partial charge in [0.1, 0.15) is 5.82 Å².